The fraction of sp³-hybridized carbons (Fsp3) is 0.500. The van der Waals surface area contributed by atoms with Crippen LogP contribution in [-0.2, 0) is 0 Å². The lowest BCUT2D eigenvalue weighted by Crippen LogP contribution is -2.31. The molecule has 1 aromatic carbocycles. The van der Waals surface area contributed by atoms with Crippen LogP contribution in [0.4, 0.5) is 0 Å². The second-order valence-corrected chi connectivity index (χ2v) is 6.53. The van der Waals surface area contributed by atoms with E-state index in [9.17, 15) is 9.90 Å². The molecule has 1 aliphatic rings. The summed E-state index contributed by atoms with van der Waals surface area (Å²) in [5.41, 5.74) is 0.340. The van der Waals surface area contributed by atoms with Crippen LogP contribution in [0.15, 0.2) is 18.2 Å². The molecule has 1 saturated carbocycles. The van der Waals surface area contributed by atoms with Crippen molar-refractivity contribution < 1.29 is 9.90 Å². The van der Waals surface area contributed by atoms with Gasteiger partial charge < -0.3 is 10.4 Å². The van der Waals surface area contributed by atoms with Crippen LogP contribution in [0.25, 0.3) is 0 Å². The van der Waals surface area contributed by atoms with Gasteiger partial charge in [-0.05, 0) is 65.5 Å². The summed E-state index contributed by atoms with van der Waals surface area (Å²) < 4.78 is 0.931. The predicted octanol–water partition coefficient (Wildman–Crippen LogP) is 3.38. The largest absolute Gasteiger partial charge is 0.507 e. The number of nitrogens with one attached hydrogen (secondary N) is 1. The molecule has 0 radical (unpaired) electrons. The van der Waals surface area contributed by atoms with E-state index in [2.05, 4.69) is 27.9 Å². The molecule has 0 heterocycles. The number of phenols is 1. The third kappa shape index (κ3) is 3.75. The van der Waals surface area contributed by atoms with Gasteiger partial charge in [-0.25, -0.2) is 0 Å². The van der Waals surface area contributed by atoms with Crippen LogP contribution in [0.1, 0.15) is 29.6 Å². The first kappa shape index (κ1) is 14.9. The lowest BCUT2D eigenvalue weighted by Gasteiger charge is -2.17. The second-order valence-electron chi connectivity index (χ2n) is 4.98. The molecule has 0 saturated heterocycles. The van der Waals surface area contributed by atoms with Crippen molar-refractivity contribution >= 4 is 40.1 Å². The average Bonchev–Trinajstić information content (AvgIpc) is 2.86. The van der Waals surface area contributed by atoms with Gasteiger partial charge in [0.15, 0.2) is 0 Å². The molecule has 0 spiro atoms. The van der Waals surface area contributed by atoms with Crippen molar-refractivity contribution in [3.8, 4) is 5.75 Å². The fourth-order valence-corrected chi connectivity index (χ4v) is 3.49. The number of rotatable bonds is 4. The van der Waals surface area contributed by atoms with Crippen LogP contribution in [-0.4, -0.2) is 23.4 Å². The number of amides is 1. The molecule has 1 aromatic rings. The highest BCUT2D eigenvalue weighted by Crippen LogP contribution is 2.32. The van der Waals surface area contributed by atoms with Gasteiger partial charge in [0, 0.05) is 16.0 Å². The van der Waals surface area contributed by atoms with E-state index in [4.69, 9.17) is 11.6 Å². The summed E-state index contributed by atoms with van der Waals surface area (Å²) in [4.78, 5) is 12.1. The molecule has 5 heteroatoms. The highest BCUT2D eigenvalue weighted by molar-refractivity contribution is 14.1. The molecule has 3 nitrogen and oxygen atoms in total. The molecule has 0 aromatic heterocycles. The van der Waals surface area contributed by atoms with E-state index in [1.54, 1.807) is 18.2 Å². The van der Waals surface area contributed by atoms with Crippen LogP contribution in [0, 0.1) is 15.4 Å². The van der Waals surface area contributed by atoms with Crippen LogP contribution in [0.3, 0.4) is 0 Å². The monoisotopic (exact) mass is 393 g/mol. The van der Waals surface area contributed by atoms with Crippen molar-refractivity contribution in [1.82, 2.24) is 5.32 Å². The first-order valence-electron chi connectivity index (χ1n) is 6.44. The zero-order valence-electron chi connectivity index (χ0n) is 10.5. The first-order chi connectivity index (χ1) is 9.11. The highest BCUT2D eigenvalue weighted by Gasteiger charge is 2.26. The third-order valence-electron chi connectivity index (χ3n) is 3.74. The maximum atomic E-state index is 12.1. The van der Waals surface area contributed by atoms with Gasteiger partial charge in [0.25, 0.3) is 5.91 Å². The number of alkyl halides is 1. The molecule has 0 aliphatic heterocycles. The summed E-state index contributed by atoms with van der Waals surface area (Å²) in [6.07, 6.45) is 3.46. The van der Waals surface area contributed by atoms with Crippen LogP contribution in [0.5, 0.6) is 5.75 Å². The van der Waals surface area contributed by atoms with Gasteiger partial charge in [-0.2, -0.15) is 0 Å². The lowest BCUT2D eigenvalue weighted by molar-refractivity contribution is 0.0942. The molecule has 0 bridgehead atoms. The standard InChI is InChI=1S/C14H17ClINO2/c15-7-9-2-1-3-10(9)8-17-14(19)12-6-11(16)4-5-13(12)18/h4-6,9-10,18H,1-3,7-8H2,(H,17,19). The quantitative estimate of drug-likeness (QED) is 0.608. The van der Waals surface area contributed by atoms with Crippen molar-refractivity contribution in [1.29, 1.82) is 0 Å². The smallest absolute Gasteiger partial charge is 0.255 e. The Morgan fingerprint density at radius 3 is 2.89 bits per heavy atom. The molecular weight excluding hydrogens is 377 g/mol. The molecule has 1 amide bonds. The van der Waals surface area contributed by atoms with E-state index < -0.39 is 0 Å². The Morgan fingerprint density at radius 1 is 1.42 bits per heavy atom. The van der Waals surface area contributed by atoms with E-state index >= 15 is 0 Å². The number of hydrogen-bond donors (Lipinski definition) is 2. The van der Waals surface area contributed by atoms with Gasteiger partial charge in [-0.15, -0.1) is 11.6 Å². The predicted molar refractivity (Wildman–Crippen MR) is 84.7 cm³/mol. The Bertz CT molecular complexity index is 467. The van der Waals surface area contributed by atoms with E-state index in [0.717, 1.165) is 16.4 Å². The van der Waals surface area contributed by atoms with Crippen molar-refractivity contribution in [2.75, 3.05) is 12.4 Å². The number of carbonyl (C=O) groups excluding carboxylic acids is 1. The summed E-state index contributed by atoms with van der Waals surface area (Å²) in [5.74, 6) is 1.45. The van der Waals surface area contributed by atoms with Gasteiger partial charge in [0.1, 0.15) is 5.75 Å². The Balaban J connectivity index is 1.96. The third-order valence-corrected chi connectivity index (χ3v) is 4.81. The maximum Gasteiger partial charge on any atom is 0.255 e. The van der Waals surface area contributed by atoms with Gasteiger partial charge in [0.05, 0.1) is 5.56 Å². The van der Waals surface area contributed by atoms with E-state index in [-0.39, 0.29) is 11.7 Å². The maximum absolute atomic E-state index is 12.1. The molecule has 2 N–H and O–H groups in total. The topological polar surface area (TPSA) is 49.3 Å². The molecule has 1 fully saturated rings. The molecule has 2 unspecified atom stereocenters. The molecule has 1 aliphatic carbocycles. The molecule has 2 atom stereocenters. The van der Waals surface area contributed by atoms with Crippen molar-refractivity contribution in [2.45, 2.75) is 19.3 Å². The van der Waals surface area contributed by atoms with Crippen molar-refractivity contribution in [2.24, 2.45) is 11.8 Å². The number of halogens is 2. The van der Waals surface area contributed by atoms with Crippen LogP contribution < -0.4 is 5.32 Å². The summed E-state index contributed by atoms with van der Waals surface area (Å²) in [7, 11) is 0. The first-order valence-corrected chi connectivity index (χ1v) is 8.06. The number of aromatic hydroxyl groups is 1. The zero-order chi connectivity index (χ0) is 13.8. The number of hydrogen-bond acceptors (Lipinski definition) is 2. The summed E-state index contributed by atoms with van der Waals surface area (Å²) in [5, 5.41) is 12.6. The van der Waals surface area contributed by atoms with Crippen molar-refractivity contribution in [3.05, 3.63) is 27.3 Å². The Labute approximate surface area is 131 Å². The highest BCUT2D eigenvalue weighted by atomic mass is 127. The fourth-order valence-electron chi connectivity index (χ4n) is 2.59. The number of carbonyl (C=O) groups is 1. The number of phenolic OH excluding ortho intramolecular Hbond substituents is 1. The molecular formula is C14H17ClINO2. The van der Waals surface area contributed by atoms with E-state index in [0.29, 0.717) is 29.8 Å². The van der Waals surface area contributed by atoms with Crippen molar-refractivity contribution in [3.63, 3.8) is 0 Å². The van der Waals surface area contributed by atoms with Gasteiger partial charge in [-0.3, -0.25) is 4.79 Å². The Morgan fingerprint density at radius 2 is 2.16 bits per heavy atom. The summed E-state index contributed by atoms with van der Waals surface area (Å²) in [6.45, 7) is 0.640. The average molecular weight is 394 g/mol. The van der Waals surface area contributed by atoms with E-state index in [1.807, 2.05) is 0 Å². The molecule has 104 valence electrons. The summed E-state index contributed by atoms with van der Waals surface area (Å²) in [6, 6.07) is 5.01. The van der Waals surface area contributed by atoms with E-state index in [1.165, 1.54) is 6.42 Å². The normalized spacial score (nSPS) is 22.4. The second kappa shape index (κ2) is 6.79. The van der Waals surface area contributed by atoms with Gasteiger partial charge >= 0.3 is 0 Å². The minimum absolute atomic E-state index is 0.0261. The molecule has 19 heavy (non-hydrogen) atoms. The molecule has 2 rings (SSSR count). The minimum atomic E-state index is -0.212. The number of benzene rings is 1. The SMILES string of the molecule is O=C(NCC1CCCC1CCl)c1cc(I)ccc1O. The minimum Gasteiger partial charge on any atom is -0.507 e. The van der Waals surface area contributed by atoms with Crippen LogP contribution in [0.2, 0.25) is 0 Å². The van der Waals surface area contributed by atoms with Gasteiger partial charge in [0.2, 0.25) is 0 Å². The van der Waals surface area contributed by atoms with Gasteiger partial charge in [-0.1, -0.05) is 6.42 Å². The Kier molecular flexibility index (Phi) is 5.33. The van der Waals surface area contributed by atoms with Crippen LogP contribution >= 0.6 is 34.2 Å². The summed E-state index contributed by atoms with van der Waals surface area (Å²) >= 11 is 8.05. The Hall–Kier alpha value is -0.490. The zero-order valence-corrected chi connectivity index (χ0v) is 13.4. The lowest BCUT2D eigenvalue weighted by atomic mass is 9.98.